The molecule has 17 heavy (non-hydrogen) atoms. The summed E-state index contributed by atoms with van der Waals surface area (Å²) in [5, 5.41) is 0. The molecule has 1 aromatic rings. The highest BCUT2D eigenvalue weighted by molar-refractivity contribution is 9.11. The Balaban J connectivity index is 2.37. The molecule has 1 aromatic carbocycles. The molecule has 2 nitrogen and oxygen atoms in total. The number of hydrogen-bond acceptors (Lipinski definition) is 2. The fourth-order valence-electron chi connectivity index (χ4n) is 2.28. The van der Waals surface area contributed by atoms with E-state index < -0.39 is 0 Å². The molecule has 1 saturated heterocycles. The van der Waals surface area contributed by atoms with E-state index >= 15 is 0 Å². The number of rotatable bonds is 1. The van der Waals surface area contributed by atoms with Crippen molar-refractivity contribution in [3.63, 3.8) is 0 Å². The van der Waals surface area contributed by atoms with Crippen molar-refractivity contribution in [1.29, 1.82) is 0 Å². The highest BCUT2D eigenvalue weighted by Crippen LogP contribution is 2.37. The Labute approximate surface area is 119 Å². The van der Waals surface area contributed by atoms with E-state index in [0.29, 0.717) is 12.2 Å². The summed E-state index contributed by atoms with van der Waals surface area (Å²) < 4.78 is 2.14. The summed E-state index contributed by atoms with van der Waals surface area (Å²) in [7, 11) is 0. The maximum atomic E-state index is 11.7. The first kappa shape index (κ1) is 13.1. The van der Waals surface area contributed by atoms with Crippen LogP contribution in [0.15, 0.2) is 27.1 Å². The second-order valence-electron chi connectivity index (χ2n) is 4.51. The van der Waals surface area contributed by atoms with E-state index in [1.54, 1.807) is 0 Å². The first-order chi connectivity index (χ1) is 8.02. The van der Waals surface area contributed by atoms with Crippen LogP contribution >= 0.6 is 31.9 Å². The van der Waals surface area contributed by atoms with Gasteiger partial charge in [0.15, 0.2) is 0 Å². The number of hydrogen-bond donors (Lipinski definition) is 0. The van der Waals surface area contributed by atoms with Crippen LogP contribution in [0.4, 0.5) is 5.69 Å². The SMILES string of the molecule is CC1C(=O)CCN(c2c(Br)cccc2Br)C1C. The van der Waals surface area contributed by atoms with Crippen LogP contribution in [-0.2, 0) is 4.79 Å². The van der Waals surface area contributed by atoms with E-state index in [-0.39, 0.29) is 12.0 Å². The van der Waals surface area contributed by atoms with Crippen LogP contribution in [0, 0.1) is 5.92 Å². The van der Waals surface area contributed by atoms with Crippen molar-refractivity contribution in [2.45, 2.75) is 26.3 Å². The lowest BCUT2D eigenvalue weighted by Crippen LogP contribution is -2.47. The minimum Gasteiger partial charge on any atom is -0.366 e. The number of piperidine rings is 1. The number of Topliss-reactive ketones (excluding diaryl/α,β-unsaturated/α-hetero) is 1. The number of benzene rings is 1. The van der Waals surface area contributed by atoms with Gasteiger partial charge in [0.25, 0.3) is 0 Å². The molecule has 0 saturated carbocycles. The van der Waals surface area contributed by atoms with Gasteiger partial charge in [0, 0.05) is 33.9 Å². The van der Waals surface area contributed by atoms with Crippen LogP contribution in [0.3, 0.4) is 0 Å². The van der Waals surface area contributed by atoms with E-state index in [0.717, 1.165) is 21.2 Å². The first-order valence-electron chi connectivity index (χ1n) is 5.75. The van der Waals surface area contributed by atoms with Crippen molar-refractivity contribution in [2.24, 2.45) is 5.92 Å². The van der Waals surface area contributed by atoms with Gasteiger partial charge >= 0.3 is 0 Å². The number of carbonyl (C=O) groups is 1. The zero-order chi connectivity index (χ0) is 12.6. The molecule has 1 aliphatic rings. The molecule has 0 aromatic heterocycles. The van der Waals surface area contributed by atoms with Crippen molar-refractivity contribution in [3.8, 4) is 0 Å². The molecule has 1 aliphatic heterocycles. The van der Waals surface area contributed by atoms with Gasteiger partial charge < -0.3 is 4.90 Å². The molecule has 1 heterocycles. The number of halogens is 2. The summed E-state index contributed by atoms with van der Waals surface area (Å²) in [5.74, 6) is 0.472. The van der Waals surface area contributed by atoms with Crippen molar-refractivity contribution in [1.82, 2.24) is 0 Å². The molecule has 0 amide bonds. The molecular formula is C13H15Br2NO. The lowest BCUT2D eigenvalue weighted by atomic mass is 9.90. The molecule has 2 rings (SSSR count). The standard InChI is InChI=1S/C13H15Br2NO/c1-8-9(2)16(7-6-12(8)17)13-10(14)4-3-5-11(13)15/h3-5,8-9H,6-7H2,1-2H3. The van der Waals surface area contributed by atoms with Crippen LogP contribution in [0.2, 0.25) is 0 Å². The summed E-state index contributed by atoms with van der Waals surface area (Å²) in [6, 6.07) is 6.31. The minimum atomic E-state index is 0.0998. The van der Waals surface area contributed by atoms with Gasteiger partial charge in [-0.1, -0.05) is 13.0 Å². The van der Waals surface area contributed by atoms with Crippen molar-refractivity contribution in [3.05, 3.63) is 27.1 Å². The van der Waals surface area contributed by atoms with Gasteiger partial charge in [-0.3, -0.25) is 4.79 Å². The van der Waals surface area contributed by atoms with E-state index in [1.165, 1.54) is 0 Å². The van der Waals surface area contributed by atoms with Crippen LogP contribution < -0.4 is 4.90 Å². The Morgan fingerprint density at radius 1 is 1.24 bits per heavy atom. The van der Waals surface area contributed by atoms with E-state index in [9.17, 15) is 4.79 Å². The average Bonchev–Trinajstić information content (AvgIpc) is 2.29. The van der Waals surface area contributed by atoms with E-state index in [1.807, 2.05) is 25.1 Å². The predicted molar refractivity (Wildman–Crippen MR) is 77.4 cm³/mol. The second kappa shape index (κ2) is 5.11. The number of anilines is 1. The molecule has 1 fully saturated rings. The summed E-state index contributed by atoms with van der Waals surface area (Å²) in [6.07, 6.45) is 0.638. The molecule has 0 bridgehead atoms. The van der Waals surface area contributed by atoms with E-state index in [2.05, 4.69) is 43.7 Å². The zero-order valence-corrected chi connectivity index (χ0v) is 13.1. The quantitative estimate of drug-likeness (QED) is 0.753. The zero-order valence-electron chi connectivity index (χ0n) is 9.91. The Bertz CT molecular complexity index is 427. The lowest BCUT2D eigenvalue weighted by molar-refractivity contribution is -0.123. The number of nitrogens with zero attached hydrogens (tertiary/aromatic N) is 1. The molecule has 4 heteroatoms. The number of ketones is 1. The average molecular weight is 361 g/mol. The number of para-hydroxylation sites is 1. The smallest absolute Gasteiger partial charge is 0.139 e. The maximum absolute atomic E-state index is 11.7. The Hall–Kier alpha value is -0.350. The van der Waals surface area contributed by atoms with Gasteiger partial charge in [0.05, 0.1) is 5.69 Å². The molecule has 0 radical (unpaired) electrons. The highest BCUT2D eigenvalue weighted by atomic mass is 79.9. The highest BCUT2D eigenvalue weighted by Gasteiger charge is 2.32. The van der Waals surface area contributed by atoms with Gasteiger partial charge in [0.1, 0.15) is 5.78 Å². The fourth-order valence-corrected chi connectivity index (χ4v) is 3.73. The van der Waals surface area contributed by atoms with Gasteiger partial charge in [-0.05, 0) is 50.9 Å². The summed E-state index contributed by atoms with van der Waals surface area (Å²) in [6.45, 7) is 4.93. The van der Waals surface area contributed by atoms with Gasteiger partial charge in [0.2, 0.25) is 0 Å². The molecule has 0 N–H and O–H groups in total. The van der Waals surface area contributed by atoms with Crippen molar-refractivity contribution < 1.29 is 4.79 Å². The van der Waals surface area contributed by atoms with Crippen LogP contribution in [0.1, 0.15) is 20.3 Å². The topological polar surface area (TPSA) is 20.3 Å². The molecule has 2 unspecified atom stereocenters. The van der Waals surface area contributed by atoms with Crippen LogP contribution in [0.25, 0.3) is 0 Å². The van der Waals surface area contributed by atoms with Crippen molar-refractivity contribution in [2.75, 3.05) is 11.4 Å². The Morgan fingerprint density at radius 2 is 1.82 bits per heavy atom. The van der Waals surface area contributed by atoms with E-state index in [4.69, 9.17) is 0 Å². The van der Waals surface area contributed by atoms with Gasteiger partial charge in [-0.2, -0.15) is 0 Å². The molecule has 0 aliphatic carbocycles. The fraction of sp³-hybridized carbons (Fsp3) is 0.462. The third-order valence-corrected chi connectivity index (χ3v) is 4.83. The van der Waals surface area contributed by atoms with Gasteiger partial charge in [-0.15, -0.1) is 0 Å². The number of carbonyl (C=O) groups excluding carboxylic acids is 1. The normalized spacial score (nSPS) is 25.2. The predicted octanol–water partition coefficient (Wildman–Crippen LogP) is 4.02. The third-order valence-electron chi connectivity index (χ3n) is 3.55. The molecule has 0 spiro atoms. The summed E-state index contributed by atoms with van der Waals surface area (Å²) >= 11 is 7.18. The maximum Gasteiger partial charge on any atom is 0.139 e. The van der Waals surface area contributed by atoms with Crippen LogP contribution in [0.5, 0.6) is 0 Å². The molecule has 92 valence electrons. The monoisotopic (exact) mass is 359 g/mol. The second-order valence-corrected chi connectivity index (χ2v) is 6.22. The summed E-state index contributed by atoms with van der Waals surface area (Å²) in [4.78, 5) is 14.0. The summed E-state index contributed by atoms with van der Waals surface area (Å²) in [5.41, 5.74) is 1.15. The molecule has 2 atom stereocenters. The Morgan fingerprint density at radius 3 is 2.41 bits per heavy atom. The largest absolute Gasteiger partial charge is 0.366 e. The minimum absolute atomic E-state index is 0.0998. The molecular weight excluding hydrogens is 346 g/mol. The van der Waals surface area contributed by atoms with Crippen molar-refractivity contribution >= 4 is 43.3 Å². The van der Waals surface area contributed by atoms with Crippen LogP contribution in [-0.4, -0.2) is 18.4 Å². The Kier molecular flexibility index (Phi) is 3.93. The third kappa shape index (κ3) is 2.43. The first-order valence-corrected chi connectivity index (χ1v) is 7.34. The van der Waals surface area contributed by atoms with Gasteiger partial charge in [-0.25, -0.2) is 0 Å². The lowest BCUT2D eigenvalue weighted by Gasteiger charge is -2.39.